The van der Waals surface area contributed by atoms with E-state index in [1.807, 2.05) is 43.1 Å². The van der Waals surface area contributed by atoms with Crippen molar-refractivity contribution in [2.75, 3.05) is 20.6 Å². The van der Waals surface area contributed by atoms with Gasteiger partial charge in [-0.3, -0.25) is 4.79 Å². The van der Waals surface area contributed by atoms with Crippen molar-refractivity contribution in [2.24, 2.45) is 0 Å². The number of rotatable bonds is 3. The van der Waals surface area contributed by atoms with Gasteiger partial charge in [-0.15, -0.1) is 11.3 Å². The van der Waals surface area contributed by atoms with E-state index < -0.39 is 0 Å². The van der Waals surface area contributed by atoms with Gasteiger partial charge >= 0.3 is 0 Å². The molecule has 3 heterocycles. The van der Waals surface area contributed by atoms with Gasteiger partial charge < -0.3 is 14.2 Å². The third-order valence-electron chi connectivity index (χ3n) is 4.85. The normalized spacial score (nSPS) is 22.3. The van der Waals surface area contributed by atoms with E-state index in [0.29, 0.717) is 12.1 Å². The highest BCUT2D eigenvalue weighted by Gasteiger charge is 2.29. The molecule has 0 aliphatic carbocycles. The van der Waals surface area contributed by atoms with Crippen LogP contribution in [0.2, 0.25) is 0 Å². The largest absolute Gasteiger partial charge is 0.461 e. The second kappa shape index (κ2) is 6.49. The smallest absolute Gasteiger partial charge is 0.263 e. The lowest BCUT2D eigenvalue weighted by atomic mass is 9.97. The van der Waals surface area contributed by atoms with E-state index in [9.17, 15) is 4.79 Å². The van der Waals surface area contributed by atoms with Gasteiger partial charge in [-0.05, 0) is 58.0 Å². The van der Waals surface area contributed by atoms with Crippen LogP contribution in [-0.4, -0.2) is 48.4 Å². The maximum atomic E-state index is 12.8. The molecular weight excluding hydrogens is 308 g/mol. The minimum absolute atomic E-state index is 0.117. The van der Waals surface area contributed by atoms with Crippen LogP contribution >= 0.6 is 11.3 Å². The fourth-order valence-electron chi connectivity index (χ4n) is 3.11. The van der Waals surface area contributed by atoms with E-state index in [2.05, 4.69) is 18.9 Å². The molecule has 2 atom stereocenters. The summed E-state index contributed by atoms with van der Waals surface area (Å²) in [5.74, 6) is 1.84. The number of amides is 1. The molecule has 2 aromatic rings. The summed E-state index contributed by atoms with van der Waals surface area (Å²) in [7, 11) is 4.08. The van der Waals surface area contributed by atoms with Crippen LogP contribution < -0.4 is 0 Å². The molecule has 0 spiro atoms. The van der Waals surface area contributed by atoms with Crippen molar-refractivity contribution in [1.29, 1.82) is 0 Å². The van der Waals surface area contributed by atoms with Gasteiger partial charge in [0.1, 0.15) is 11.5 Å². The predicted molar refractivity (Wildman–Crippen MR) is 94.0 cm³/mol. The topological polar surface area (TPSA) is 36.7 Å². The second-order valence-electron chi connectivity index (χ2n) is 6.50. The second-order valence-corrected chi connectivity index (χ2v) is 7.58. The molecule has 0 saturated carbocycles. The third-order valence-corrected chi connectivity index (χ3v) is 5.94. The van der Waals surface area contributed by atoms with Gasteiger partial charge in [-0.25, -0.2) is 0 Å². The third kappa shape index (κ3) is 3.35. The molecule has 1 aliphatic rings. The van der Waals surface area contributed by atoms with Gasteiger partial charge in [-0.2, -0.15) is 0 Å². The van der Waals surface area contributed by atoms with Crippen LogP contribution in [0.4, 0.5) is 0 Å². The Morgan fingerprint density at radius 2 is 2.13 bits per heavy atom. The highest BCUT2D eigenvalue weighted by Crippen LogP contribution is 2.31. The monoisotopic (exact) mass is 332 g/mol. The lowest BCUT2D eigenvalue weighted by molar-refractivity contribution is 0.0603. The molecule has 23 heavy (non-hydrogen) atoms. The first-order chi connectivity index (χ1) is 11.0. The van der Waals surface area contributed by atoms with Crippen molar-refractivity contribution >= 4 is 17.2 Å². The molecule has 2 aromatic heterocycles. The summed E-state index contributed by atoms with van der Waals surface area (Å²) in [4.78, 5) is 18.8. The van der Waals surface area contributed by atoms with Gasteiger partial charge in [0.25, 0.3) is 5.91 Å². The Bertz CT molecular complexity index is 691. The summed E-state index contributed by atoms with van der Waals surface area (Å²) in [5.41, 5.74) is 0. The van der Waals surface area contributed by atoms with Crippen LogP contribution in [0.3, 0.4) is 0 Å². The number of furan rings is 1. The fourth-order valence-corrected chi connectivity index (χ4v) is 4.06. The van der Waals surface area contributed by atoms with Crippen molar-refractivity contribution in [3.05, 3.63) is 34.9 Å². The van der Waals surface area contributed by atoms with Crippen molar-refractivity contribution in [3.63, 3.8) is 0 Å². The lowest BCUT2D eigenvalue weighted by Gasteiger charge is -2.39. The molecule has 5 heteroatoms. The number of thiophene rings is 1. The van der Waals surface area contributed by atoms with E-state index in [0.717, 1.165) is 40.7 Å². The number of likely N-dealkylation sites (tertiary alicyclic amines) is 1. The first-order valence-electron chi connectivity index (χ1n) is 8.09. The number of carbonyl (C=O) groups is 1. The van der Waals surface area contributed by atoms with Crippen LogP contribution in [0.25, 0.3) is 10.6 Å². The summed E-state index contributed by atoms with van der Waals surface area (Å²) in [6.07, 6.45) is 2.08. The van der Waals surface area contributed by atoms with Gasteiger partial charge in [0.15, 0.2) is 0 Å². The molecule has 1 saturated heterocycles. The van der Waals surface area contributed by atoms with E-state index in [1.165, 1.54) is 11.3 Å². The molecule has 0 N–H and O–H groups in total. The molecular formula is C18H24N2O2S. The standard InChI is InChI=1S/C18H24N2O2S/c1-12-11-14(9-10-19(12)3)20(4)18(21)17-8-7-16(23-17)15-6-5-13(2)22-15/h5-8,12,14H,9-11H2,1-4H3/t12-,14-/m1/s1. The Labute approximate surface area is 141 Å². The van der Waals surface area contributed by atoms with E-state index in [-0.39, 0.29) is 5.91 Å². The Hall–Kier alpha value is -1.59. The zero-order valence-corrected chi connectivity index (χ0v) is 15.0. The van der Waals surface area contributed by atoms with Crippen molar-refractivity contribution in [1.82, 2.24) is 9.80 Å². The average Bonchev–Trinajstić information content (AvgIpc) is 3.17. The molecule has 0 radical (unpaired) electrons. The summed E-state index contributed by atoms with van der Waals surface area (Å²) in [5, 5.41) is 0. The maximum Gasteiger partial charge on any atom is 0.263 e. The van der Waals surface area contributed by atoms with Crippen LogP contribution in [0.15, 0.2) is 28.7 Å². The average molecular weight is 332 g/mol. The Morgan fingerprint density at radius 3 is 2.78 bits per heavy atom. The molecule has 0 aromatic carbocycles. The summed E-state index contributed by atoms with van der Waals surface area (Å²) >= 11 is 1.51. The lowest BCUT2D eigenvalue weighted by Crippen LogP contribution is -2.47. The highest BCUT2D eigenvalue weighted by molar-refractivity contribution is 7.17. The van der Waals surface area contributed by atoms with Crippen molar-refractivity contribution in [2.45, 2.75) is 38.8 Å². The van der Waals surface area contributed by atoms with Crippen LogP contribution in [0.1, 0.15) is 35.2 Å². The van der Waals surface area contributed by atoms with Crippen LogP contribution in [0.5, 0.6) is 0 Å². The van der Waals surface area contributed by atoms with Crippen LogP contribution in [0, 0.1) is 6.92 Å². The first-order valence-corrected chi connectivity index (χ1v) is 8.91. The van der Waals surface area contributed by atoms with Gasteiger partial charge in [0, 0.05) is 25.7 Å². The molecule has 0 bridgehead atoms. The van der Waals surface area contributed by atoms with E-state index in [1.54, 1.807) is 0 Å². The molecule has 1 amide bonds. The van der Waals surface area contributed by atoms with Gasteiger partial charge in [-0.1, -0.05) is 0 Å². The number of hydrogen-bond acceptors (Lipinski definition) is 4. The molecule has 3 rings (SSSR count). The van der Waals surface area contributed by atoms with Gasteiger partial charge in [0.2, 0.25) is 0 Å². The minimum atomic E-state index is 0.117. The maximum absolute atomic E-state index is 12.8. The van der Waals surface area contributed by atoms with Crippen LogP contribution in [-0.2, 0) is 0 Å². The SMILES string of the molecule is Cc1ccc(-c2ccc(C(=O)N(C)[C@@H]3CCN(C)[C@H](C)C3)s2)o1. The van der Waals surface area contributed by atoms with E-state index >= 15 is 0 Å². The fraction of sp³-hybridized carbons (Fsp3) is 0.500. The molecule has 4 nitrogen and oxygen atoms in total. The Kier molecular flexibility index (Phi) is 4.60. The Morgan fingerprint density at radius 1 is 1.35 bits per heavy atom. The summed E-state index contributed by atoms with van der Waals surface area (Å²) in [6.45, 7) is 5.20. The van der Waals surface area contributed by atoms with Gasteiger partial charge in [0.05, 0.1) is 9.75 Å². The number of aryl methyl sites for hydroxylation is 1. The zero-order chi connectivity index (χ0) is 16.6. The summed E-state index contributed by atoms with van der Waals surface area (Å²) in [6, 6.07) is 8.63. The molecule has 1 fully saturated rings. The Balaban J connectivity index is 1.72. The molecule has 1 aliphatic heterocycles. The number of carbonyl (C=O) groups excluding carboxylic acids is 1. The van der Waals surface area contributed by atoms with Crippen molar-refractivity contribution in [3.8, 4) is 10.6 Å². The van der Waals surface area contributed by atoms with Crippen molar-refractivity contribution < 1.29 is 9.21 Å². The first kappa shape index (κ1) is 16.3. The predicted octanol–water partition coefficient (Wildman–Crippen LogP) is 3.87. The highest BCUT2D eigenvalue weighted by atomic mass is 32.1. The molecule has 124 valence electrons. The quantitative estimate of drug-likeness (QED) is 0.856. The zero-order valence-electron chi connectivity index (χ0n) is 14.2. The number of hydrogen-bond donors (Lipinski definition) is 0. The summed E-state index contributed by atoms with van der Waals surface area (Å²) < 4.78 is 5.65. The van der Waals surface area contributed by atoms with E-state index in [4.69, 9.17) is 4.42 Å². The number of piperidine rings is 1. The molecule has 0 unspecified atom stereocenters. The number of nitrogens with zero attached hydrogens (tertiary/aromatic N) is 2. The minimum Gasteiger partial charge on any atom is -0.461 e.